The zero-order chi connectivity index (χ0) is 24.7. The van der Waals surface area contributed by atoms with Crippen molar-refractivity contribution in [2.45, 2.75) is 20.4 Å². The highest BCUT2D eigenvalue weighted by Crippen LogP contribution is 2.37. The van der Waals surface area contributed by atoms with E-state index in [1.807, 2.05) is 43.3 Å². The van der Waals surface area contributed by atoms with Crippen molar-refractivity contribution in [3.63, 3.8) is 0 Å². The monoisotopic (exact) mass is 468 g/mol. The van der Waals surface area contributed by atoms with Gasteiger partial charge in [-0.3, -0.25) is 14.5 Å². The van der Waals surface area contributed by atoms with Crippen LogP contribution in [0.2, 0.25) is 0 Å². The number of carbonyl (C=O) groups is 2. The number of pyridine rings is 1. The van der Waals surface area contributed by atoms with Gasteiger partial charge in [-0.2, -0.15) is 9.67 Å². The largest absolute Gasteiger partial charge is 0.858 e. The first-order valence-corrected chi connectivity index (χ1v) is 11.0. The Morgan fingerprint density at radius 2 is 1.66 bits per heavy atom. The Bertz CT molecular complexity index is 1490. The molecule has 35 heavy (non-hydrogen) atoms. The molecular formula is C27H21FN4O3. The summed E-state index contributed by atoms with van der Waals surface area (Å²) in [5.74, 6) is -2.07. The minimum Gasteiger partial charge on any atom is -0.858 e. The summed E-state index contributed by atoms with van der Waals surface area (Å²) in [6, 6.07) is 18.1. The smallest absolute Gasteiger partial charge is 0.327 e. The molecule has 2 amide bonds. The molecule has 0 aliphatic carbocycles. The predicted molar refractivity (Wildman–Crippen MR) is 124 cm³/mol. The molecule has 3 heterocycles. The first-order chi connectivity index (χ1) is 16.8. The lowest BCUT2D eigenvalue weighted by atomic mass is 10.0. The van der Waals surface area contributed by atoms with E-state index in [-0.39, 0.29) is 23.4 Å². The van der Waals surface area contributed by atoms with E-state index in [9.17, 15) is 19.1 Å². The molecule has 174 valence electrons. The van der Waals surface area contributed by atoms with Crippen LogP contribution in [0.3, 0.4) is 0 Å². The van der Waals surface area contributed by atoms with Gasteiger partial charge < -0.3 is 5.11 Å². The Balaban J connectivity index is 1.69. The lowest BCUT2D eigenvalue weighted by Gasteiger charge is -2.15. The Morgan fingerprint density at radius 1 is 0.943 bits per heavy atom. The van der Waals surface area contributed by atoms with Crippen LogP contribution in [0.1, 0.15) is 22.4 Å². The summed E-state index contributed by atoms with van der Waals surface area (Å²) in [5.41, 5.74) is 2.45. The second kappa shape index (κ2) is 8.64. The summed E-state index contributed by atoms with van der Waals surface area (Å²) in [6.45, 7) is 3.55. The third-order valence-electron chi connectivity index (χ3n) is 5.87. The van der Waals surface area contributed by atoms with Crippen LogP contribution in [0.4, 0.5) is 4.39 Å². The number of imide groups is 1. The van der Waals surface area contributed by atoms with Crippen molar-refractivity contribution in [1.82, 2.24) is 14.7 Å². The van der Waals surface area contributed by atoms with Crippen molar-refractivity contribution in [3.05, 3.63) is 107 Å². The molecular weight excluding hydrogens is 447 g/mol. The highest BCUT2D eigenvalue weighted by Gasteiger charge is 2.46. The van der Waals surface area contributed by atoms with Crippen molar-refractivity contribution >= 4 is 23.1 Å². The van der Waals surface area contributed by atoms with Crippen LogP contribution < -0.4 is 9.67 Å². The fourth-order valence-corrected chi connectivity index (χ4v) is 4.22. The molecule has 0 saturated carbocycles. The van der Waals surface area contributed by atoms with E-state index in [0.717, 1.165) is 20.7 Å². The van der Waals surface area contributed by atoms with Gasteiger partial charge in [-0.15, -0.1) is 0 Å². The van der Waals surface area contributed by atoms with Gasteiger partial charge >= 0.3 is 5.91 Å². The molecule has 0 bridgehead atoms. The number of benzene rings is 2. The van der Waals surface area contributed by atoms with E-state index in [1.54, 1.807) is 30.0 Å². The minimum absolute atomic E-state index is 0.00241. The third kappa shape index (κ3) is 3.89. The van der Waals surface area contributed by atoms with E-state index >= 15 is 0 Å². The summed E-state index contributed by atoms with van der Waals surface area (Å²) < 4.78 is 16.1. The summed E-state index contributed by atoms with van der Waals surface area (Å²) in [7, 11) is 0. The highest BCUT2D eigenvalue weighted by atomic mass is 19.1. The van der Waals surface area contributed by atoms with Gasteiger partial charge in [0.05, 0.1) is 17.9 Å². The molecule has 2 aromatic carbocycles. The normalized spacial score (nSPS) is 13.7. The molecule has 0 N–H and O–H groups in total. The zero-order valence-electron chi connectivity index (χ0n) is 19.1. The topological polar surface area (TPSA) is 82.1 Å². The molecule has 4 aromatic rings. The zero-order valence-corrected chi connectivity index (χ0v) is 19.1. The van der Waals surface area contributed by atoms with E-state index in [1.165, 1.54) is 24.3 Å². The maximum atomic E-state index is 13.7. The van der Waals surface area contributed by atoms with Gasteiger partial charge in [0.15, 0.2) is 12.4 Å². The molecule has 1 aliphatic rings. The highest BCUT2D eigenvalue weighted by molar-refractivity contribution is 6.44. The molecule has 0 spiro atoms. The number of hydrogen-bond donors (Lipinski definition) is 0. The number of carbonyl (C=O) groups excluding carboxylic acids is 2. The van der Waals surface area contributed by atoms with Gasteiger partial charge in [-0.05, 0) is 55.6 Å². The molecule has 2 aromatic heterocycles. The number of nitrogens with zero attached hydrogens (tertiary/aromatic N) is 4. The SMILES string of the molecule is Cc1ccc[n+](C2=C(c3c(C)nn(-c4ccc(F)cc4)c3[O-])C(=O)N(Cc3ccccc3)C2=O)c1. The maximum Gasteiger partial charge on any atom is 0.327 e. The molecule has 7 nitrogen and oxygen atoms in total. The van der Waals surface area contributed by atoms with Crippen LogP contribution in [-0.2, 0) is 16.1 Å². The Kier molecular flexibility index (Phi) is 5.49. The second-order valence-electron chi connectivity index (χ2n) is 8.35. The summed E-state index contributed by atoms with van der Waals surface area (Å²) in [6.07, 6.45) is 3.40. The fraction of sp³-hybridized carbons (Fsp3) is 0.111. The van der Waals surface area contributed by atoms with E-state index in [2.05, 4.69) is 5.10 Å². The Hall–Kier alpha value is -4.59. The van der Waals surface area contributed by atoms with Gasteiger partial charge in [-0.25, -0.2) is 9.07 Å². The van der Waals surface area contributed by atoms with Gasteiger partial charge in [0, 0.05) is 17.2 Å². The van der Waals surface area contributed by atoms with Crippen LogP contribution in [0.25, 0.3) is 17.0 Å². The molecule has 0 radical (unpaired) electrons. The fourth-order valence-electron chi connectivity index (χ4n) is 4.22. The quantitative estimate of drug-likeness (QED) is 0.333. The van der Waals surface area contributed by atoms with Gasteiger partial charge in [0.1, 0.15) is 11.4 Å². The van der Waals surface area contributed by atoms with Crippen molar-refractivity contribution < 1.29 is 23.7 Å². The van der Waals surface area contributed by atoms with Crippen LogP contribution in [0.15, 0.2) is 79.1 Å². The molecule has 1 aliphatic heterocycles. The van der Waals surface area contributed by atoms with Crippen LogP contribution in [0, 0.1) is 19.7 Å². The van der Waals surface area contributed by atoms with Crippen molar-refractivity contribution in [3.8, 4) is 11.6 Å². The van der Waals surface area contributed by atoms with E-state index in [4.69, 9.17) is 0 Å². The average Bonchev–Trinajstić information content (AvgIpc) is 3.27. The van der Waals surface area contributed by atoms with Crippen LogP contribution in [0.5, 0.6) is 5.88 Å². The standard InChI is InChI=1S/C27H21FN4O3/c1-17-7-6-14-30(15-17)24-23(25(33)31(27(24)35)16-19-8-4-3-5-9-19)22-18(2)29-32(26(22)34)21-12-10-20(28)11-13-21/h3-15H,16H2,1-2H3. The van der Waals surface area contributed by atoms with Crippen molar-refractivity contribution in [2.24, 2.45) is 0 Å². The molecule has 0 fully saturated rings. The average molecular weight is 468 g/mol. The van der Waals surface area contributed by atoms with Gasteiger partial charge in [0.25, 0.3) is 11.6 Å². The molecule has 8 heteroatoms. The van der Waals surface area contributed by atoms with Crippen LogP contribution in [-0.4, -0.2) is 26.5 Å². The number of hydrogen-bond acceptors (Lipinski definition) is 4. The molecule has 0 unspecified atom stereocenters. The van der Waals surface area contributed by atoms with Crippen LogP contribution >= 0.6 is 0 Å². The minimum atomic E-state index is -0.568. The third-order valence-corrected chi connectivity index (χ3v) is 5.87. The van der Waals surface area contributed by atoms with Gasteiger partial charge in [0.2, 0.25) is 0 Å². The number of rotatable bonds is 5. The maximum absolute atomic E-state index is 13.7. The molecule has 5 rings (SSSR count). The lowest BCUT2D eigenvalue weighted by molar-refractivity contribution is -0.577. The predicted octanol–water partition coefficient (Wildman–Crippen LogP) is 2.93. The first-order valence-electron chi connectivity index (χ1n) is 11.0. The van der Waals surface area contributed by atoms with Gasteiger partial charge in [-0.1, -0.05) is 30.3 Å². The number of aromatic nitrogens is 3. The first kappa shape index (κ1) is 22.2. The Morgan fingerprint density at radius 3 is 2.34 bits per heavy atom. The molecule has 0 atom stereocenters. The second-order valence-corrected chi connectivity index (χ2v) is 8.35. The number of aryl methyl sites for hydroxylation is 2. The summed E-state index contributed by atoms with van der Waals surface area (Å²) in [5, 5.41) is 17.8. The lowest BCUT2D eigenvalue weighted by Crippen LogP contribution is -2.39. The summed E-state index contributed by atoms with van der Waals surface area (Å²) >= 11 is 0. The van der Waals surface area contributed by atoms with E-state index in [0.29, 0.717) is 11.4 Å². The number of amides is 2. The summed E-state index contributed by atoms with van der Waals surface area (Å²) in [4.78, 5) is 28.4. The van der Waals surface area contributed by atoms with E-state index < -0.39 is 23.5 Å². The Labute approximate surface area is 201 Å². The van der Waals surface area contributed by atoms with Crippen molar-refractivity contribution in [2.75, 3.05) is 0 Å². The number of halogens is 1. The molecule has 0 saturated heterocycles. The van der Waals surface area contributed by atoms with Crippen molar-refractivity contribution in [1.29, 1.82) is 0 Å².